The smallest absolute Gasteiger partial charge is 0.340 e. The summed E-state index contributed by atoms with van der Waals surface area (Å²) >= 11 is 16.9. The molecule has 2 aliphatic carbocycles. The van der Waals surface area contributed by atoms with Crippen molar-refractivity contribution >= 4 is 46.7 Å². The van der Waals surface area contributed by atoms with Crippen LogP contribution in [0.3, 0.4) is 0 Å². The summed E-state index contributed by atoms with van der Waals surface area (Å²) < 4.78 is 14.5. The fraction of sp³-hybridized carbons (Fsp3) is 0.778. The minimum Gasteiger partial charge on any atom is -0.460 e. The third-order valence-electron chi connectivity index (χ3n) is 5.92. The number of hydrogen-bond acceptors (Lipinski definition) is 5. The maximum Gasteiger partial charge on any atom is 0.340 e. The average molecular weight is 424 g/mol. The van der Waals surface area contributed by atoms with Crippen LogP contribution in [-0.2, 0) is 23.8 Å². The molecule has 5 nitrogen and oxygen atoms in total. The zero-order valence-electron chi connectivity index (χ0n) is 14.7. The fourth-order valence-electron chi connectivity index (χ4n) is 5.36. The summed E-state index contributed by atoms with van der Waals surface area (Å²) in [5, 5.41) is 0. The maximum atomic E-state index is 12.9. The summed E-state index contributed by atoms with van der Waals surface area (Å²) in [6.45, 7) is 5.37. The number of carbonyl (C=O) groups is 2. The zero-order chi connectivity index (χ0) is 19.0. The normalized spacial score (nSPS) is 42.8. The van der Waals surface area contributed by atoms with Crippen molar-refractivity contribution in [2.75, 3.05) is 0 Å². The van der Waals surface area contributed by atoms with Crippen LogP contribution in [0, 0.1) is 35.5 Å². The average Bonchev–Trinajstić information content (AvgIpc) is 3.20. The van der Waals surface area contributed by atoms with E-state index in [0.717, 1.165) is 6.42 Å². The molecule has 3 fully saturated rings. The molecular formula is C18H21Cl3O5. The van der Waals surface area contributed by atoms with Crippen LogP contribution in [0.25, 0.3) is 0 Å². The highest BCUT2D eigenvalue weighted by atomic mass is 35.6. The molecule has 0 radical (unpaired) electrons. The largest absolute Gasteiger partial charge is 0.460 e. The molecule has 2 aliphatic heterocycles. The second-order valence-corrected chi connectivity index (χ2v) is 10.8. The SMILES string of the molecule is CC(C)(C)OC(=O)C1C2OC(C1C(=O)OC(Cl)(Cl)Cl)C1C3C=CC(C3)C21. The van der Waals surface area contributed by atoms with Crippen molar-refractivity contribution in [1.29, 1.82) is 0 Å². The standard InChI is InChI=1S/C18H21Cl3O5/c1-17(2,3)25-15(22)11-12(16(23)26-18(19,20)21)14-10-8-5-4-7(6-8)9(10)13(11)24-14/h4-5,7-14H,6H2,1-3H3. The van der Waals surface area contributed by atoms with Gasteiger partial charge in [-0.05, 0) is 85.7 Å². The third-order valence-corrected chi connectivity index (χ3v) is 6.15. The molecule has 26 heavy (non-hydrogen) atoms. The number of halogens is 3. The monoisotopic (exact) mass is 422 g/mol. The Kier molecular flexibility index (Phi) is 4.35. The summed E-state index contributed by atoms with van der Waals surface area (Å²) in [4.78, 5) is 25.6. The Bertz CT molecular complexity index is 611. The number of carbonyl (C=O) groups excluding carboxylic acids is 2. The minimum atomic E-state index is -2.18. The predicted octanol–water partition coefficient (Wildman–Crippen LogP) is 3.65. The molecule has 4 bridgehead atoms. The van der Waals surface area contributed by atoms with Crippen LogP contribution < -0.4 is 0 Å². The lowest BCUT2D eigenvalue weighted by atomic mass is 9.65. The molecule has 0 aromatic carbocycles. The second kappa shape index (κ2) is 6.00. The van der Waals surface area contributed by atoms with Gasteiger partial charge in [-0.3, -0.25) is 9.59 Å². The fourth-order valence-corrected chi connectivity index (χ4v) is 5.59. The van der Waals surface area contributed by atoms with Gasteiger partial charge in [-0.15, -0.1) is 0 Å². The van der Waals surface area contributed by atoms with Gasteiger partial charge in [0.1, 0.15) is 5.60 Å². The molecule has 144 valence electrons. The topological polar surface area (TPSA) is 61.8 Å². The van der Waals surface area contributed by atoms with E-state index in [4.69, 9.17) is 49.0 Å². The Morgan fingerprint density at radius 1 is 0.923 bits per heavy atom. The molecular weight excluding hydrogens is 403 g/mol. The Hall–Kier alpha value is -0.490. The Labute approximate surface area is 167 Å². The van der Waals surface area contributed by atoms with Crippen LogP contribution in [-0.4, -0.2) is 33.7 Å². The summed E-state index contributed by atoms with van der Waals surface area (Å²) in [6.07, 6.45) is 4.65. The molecule has 8 atom stereocenters. The highest BCUT2D eigenvalue weighted by Gasteiger charge is 2.70. The van der Waals surface area contributed by atoms with Gasteiger partial charge in [-0.1, -0.05) is 12.2 Å². The predicted molar refractivity (Wildman–Crippen MR) is 95.6 cm³/mol. The highest BCUT2D eigenvalue weighted by molar-refractivity contribution is 6.66. The van der Waals surface area contributed by atoms with Gasteiger partial charge >= 0.3 is 15.9 Å². The first-order chi connectivity index (χ1) is 12.0. The second-order valence-electron chi connectivity index (χ2n) is 8.62. The first-order valence-electron chi connectivity index (χ1n) is 8.82. The van der Waals surface area contributed by atoms with Crippen LogP contribution in [0.1, 0.15) is 27.2 Å². The molecule has 0 aromatic rings. The van der Waals surface area contributed by atoms with Gasteiger partial charge in [-0.25, -0.2) is 0 Å². The summed E-state index contributed by atoms with van der Waals surface area (Å²) in [7, 11) is 0. The van der Waals surface area contributed by atoms with E-state index < -0.39 is 39.5 Å². The van der Waals surface area contributed by atoms with E-state index >= 15 is 0 Å². The molecule has 0 amide bonds. The number of rotatable bonds is 2. The van der Waals surface area contributed by atoms with Crippen molar-refractivity contribution in [1.82, 2.24) is 0 Å². The van der Waals surface area contributed by atoms with Crippen LogP contribution in [0.2, 0.25) is 0 Å². The summed E-state index contributed by atoms with van der Waals surface area (Å²) in [5.74, 6) is -1.57. The number of hydrogen-bond donors (Lipinski definition) is 0. The quantitative estimate of drug-likeness (QED) is 0.385. The summed E-state index contributed by atoms with van der Waals surface area (Å²) in [5.41, 5.74) is -0.670. The van der Waals surface area contributed by atoms with Crippen molar-refractivity contribution in [3.05, 3.63) is 12.2 Å². The van der Waals surface area contributed by atoms with Gasteiger partial charge in [0.05, 0.1) is 24.0 Å². The number of alkyl halides is 3. The van der Waals surface area contributed by atoms with Gasteiger partial charge in [0, 0.05) is 0 Å². The molecule has 0 N–H and O–H groups in total. The lowest BCUT2D eigenvalue weighted by Gasteiger charge is -2.37. The first kappa shape index (κ1) is 18.9. The number of fused-ring (bicyclic) bond motifs is 9. The molecule has 8 unspecified atom stereocenters. The van der Waals surface area contributed by atoms with Crippen LogP contribution >= 0.6 is 34.8 Å². The number of esters is 2. The van der Waals surface area contributed by atoms with Crippen LogP contribution in [0.15, 0.2) is 12.2 Å². The van der Waals surface area contributed by atoms with Crippen LogP contribution in [0.4, 0.5) is 0 Å². The van der Waals surface area contributed by atoms with Gasteiger partial charge in [0.25, 0.3) is 0 Å². The third kappa shape index (κ3) is 3.05. The molecule has 1 saturated carbocycles. The Morgan fingerprint density at radius 2 is 1.38 bits per heavy atom. The lowest BCUT2D eigenvalue weighted by Crippen LogP contribution is -2.50. The lowest BCUT2D eigenvalue weighted by molar-refractivity contribution is -0.170. The molecule has 0 aromatic heterocycles. The summed E-state index contributed by atoms with van der Waals surface area (Å²) in [6, 6.07) is 0. The van der Waals surface area contributed by atoms with Gasteiger partial charge in [-0.2, -0.15) is 0 Å². The van der Waals surface area contributed by atoms with E-state index in [2.05, 4.69) is 12.2 Å². The molecule has 0 spiro atoms. The molecule has 2 saturated heterocycles. The zero-order valence-corrected chi connectivity index (χ0v) is 16.9. The minimum absolute atomic E-state index is 0.196. The maximum absolute atomic E-state index is 12.9. The van der Waals surface area contributed by atoms with Crippen molar-refractivity contribution in [2.24, 2.45) is 35.5 Å². The molecule has 2 heterocycles. The first-order valence-corrected chi connectivity index (χ1v) is 9.96. The van der Waals surface area contributed by atoms with Crippen molar-refractivity contribution in [3.8, 4) is 0 Å². The van der Waals surface area contributed by atoms with Crippen LogP contribution in [0.5, 0.6) is 0 Å². The molecule has 4 aliphatic rings. The van der Waals surface area contributed by atoms with E-state index in [9.17, 15) is 9.59 Å². The van der Waals surface area contributed by atoms with Gasteiger partial charge < -0.3 is 14.2 Å². The Morgan fingerprint density at radius 3 is 1.81 bits per heavy atom. The van der Waals surface area contributed by atoms with Crippen molar-refractivity contribution in [3.63, 3.8) is 0 Å². The van der Waals surface area contributed by atoms with Gasteiger partial charge in [0.15, 0.2) is 0 Å². The van der Waals surface area contributed by atoms with Gasteiger partial charge in [0.2, 0.25) is 0 Å². The van der Waals surface area contributed by atoms with E-state index in [1.807, 2.05) is 0 Å². The van der Waals surface area contributed by atoms with E-state index in [0.29, 0.717) is 11.8 Å². The van der Waals surface area contributed by atoms with Crippen molar-refractivity contribution < 1.29 is 23.8 Å². The van der Waals surface area contributed by atoms with E-state index in [1.165, 1.54) is 0 Å². The van der Waals surface area contributed by atoms with Crippen molar-refractivity contribution in [2.45, 2.75) is 49.0 Å². The molecule has 8 heteroatoms. The van der Waals surface area contributed by atoms with E-state index in [-0.39, 0.29) is 17.9 Å². The Balaban J connectivity index is 1.65. The number of allylic oxidation sites excluding steroid dienone is 2. The molecule has 4 rings (SSSR count). The highest BCUT2D eigenvalue weighted by Crippen LogP contribution is 2.63. The number of ether oxygens (including phenoxy) is 3. The van der Waals surface area contributed by atoms with E-state index in [1.54, 1.807) is 20.8 Å².